The van der Waals surface area contributed by atoms with E-state index >= 15 is 56.7 Å². The number of aliphatic carboxylic acids is 2. The standard InChI is InChI=1S/C93H118F3N17O22S/c1-7-8-26-70-92(134)113-47-58(116)42-73(113)88(130)106-67(43-78(121)122)85(127)108-80(50(2)3)93(135)110(5)71(38-51-19-11-9-12-20-51)86(128)103-64(31-32-77(119)120)90(132)112-46-57(115)41-72(112)87(129)105-66(40-55-44-99-62-24-16-15-23-59(55)62)84(126)104-65(36-53-27-29-56(114)30-28-53)83(125)102-63(25-17-18-33-97)82(124)107-69(81(123)100-45-75(98)117)48-136-49-76(118)101-68(37-54-34-60(94)79(96)61(95)35-54)89(131)111(6)74(91(133)109(70)4)39-52-21-13-10-14-22-52/h9-16,19-24,27-30,34-35,44,50,57-58,63-74,80,99,114-116H,7-8,17-18,25-26,31-33,36-43,45-49,97H2,1-6H3,(H2,98,117)(H,100,123)(H,101,118)(H,102,125)(H,103,128)(H,104,126)(H,105,129)(H,106,130)(H,107,124)(H,108,127)(H,119,120)(H,121,122)/t57-,58-,63+,64-,65+,66+,67+,68+,69+,70+,71-,72-,73-,74+,80+/m1/s1. The van der Waals surface area contributed by atoms with Gasteiger partial charge in [-0.3, -0.25) is 81.5 Å². The first-order valence-corrected chi connectivity index (χ1v) is 45.8. The summed E-state index contributed by atoms with van der Waals surface area (Å²) in [5, 5.41) is 77.3. The third kappa shape index (κ3) is 29.5. The summed E-state index contributed by atoms with van der Waals surface area (Å²) in [7, 11) is 3.54. The number of phenolic OH excluding ortho intramolecular Hbond substituents is 1. The van der Waals surface area contributed by atoms with Crippen molar-refractivity contribution in [3.63, 3.8) is 0 Å². The maximum atomic E-state index is 15.7. The third-order valence-corrected chi connectivity index (χ3v) is 25.0. The summed E-state index contributed by atoms with van der Waals surface area (Å²) in [5.74, 6) is -27.2. The molecule has 4 heterocycles. The number of primary amides is 1. The Labute approximate surface area is 786 Å². The van der Waals surface area contributed by atoms with Gasteiger partial charge in [0.05, 0.1) is 30.9 Å². The Kier molecular flexibility index (Phi) is 39.1. The molecular weight excluding hydrogens is 1800 g/mol. The molecule has 3 aliphatic rings. The van der Waals surface area contributed by atoms with E-state index in [4.69, 9.17) is 11.5 Å². The molecule has 9 rings (SSSR count). The number of nitrogens with zero attached hydrogens (tertiary/aromatic N) is 5. The van der Waals surface area contributed by atoms with Gasteiger partial charge in [-0.15, -0.1) is 11.8 Å². The lowest BCUT2D eigenvalue weighted by Gasteiger charge is -2.38. The maximum absolute atomic E-state index is 15.7. The lowest BCUT2D eigenvalue weighted by Crippen LogP contribution is -2.62. The highest BCUT2D eigenvalue weighted by atomic mass is 32.2. The predicted octanol–water partition coefficient (Wildman–Crippen LogP) is -0.250. The first kappa shape index (κ1) is 106. The number of amides is 15. The normalized spacial score (nSPS) is 24.4. The van der Waals surface area contributed by atoms with Crippen molar-refractivity contribution in [2.75, 3.05) is 58.8 Å². The number of H-pyrrole nitrogens is 1. The summed E-state index contributed by atoms with van der Waals surface area (Å²) in [4.78, 5) is 258. The van der Waals surface area contributed by atoms with Gasteiger partial charge in [-0.2, -0.15) is 0 Å². The Hall–Kier alpha value is -13.6. The van der Waals surface area contributed by atoms with E-state index in [0.717, 1.165) is 31.5 Å². The number of nitrogens with two attached hydrogens (primary N) is 2. The van der Waals surface area contributed by atoms with Crippen molar-refractivity contribution in [3.05, 3.63) is 173 Å². The quantitative estimate of drug-likeness (QED) is 0.0246. The zero-order valence-electron chi connectivity index (χ0n) is 76.0. The van der Waals surface area contributed by atoms with Crippen LogP contribution in [-0.2, 0) is 114 Å². The van der Waals surface area contributed by atoms with Crippen LogP contribution in [0.4, 0.5) is 13.2 Å². The molecule has 0 aliphatic carbocycles. The van der Waals surface area contributed by atoms with Gasteiger partial charge in [0.25, 0.3) is 0 Å². The van der Waals surface area contributed by atoms with E-state index in [9.17, 15) is 63.5 Å². The molecule has 19 N–H and O–H groups in total. The molecule has 3 saturated heterocycles. The van der Waals surface area contributed by atoms with Crippen LogP contribution in [0.5, 0.6) is 5.75 Å². The minimum Gasteiger partial charge on any atom is -0.508 e. The Morgan fingerprint density at radius 1 is 0.507 bits per heavy atom. The smallest absolute Gasteiger partial charge is 0.305 e. The van der Waals surface area contributed by atoms with E-state index in [1.807, 2.05) is 0 Å². The van der Waals surface area contributed by atoms with Gasteiger partial charge < -0.3 is 114 Å². The highest BCUT2D eigenvalue weighted by molar-refractivity contribution is 8.00. The van der Waals surface area contributed by atoms with Crippen molar-refractivity contribution >= 4 is 123 Å². The number of benzene rings is 5. The molecule has 3 aliphatic heterocycles. The summed E-state index contributed by atoms with van der Waals surface area (Å²) in [5.41, 5.74) is 13.1. The van der Waals surface area contributed by atoms with Gasteiger partial charge in [0, 0.05) is 108 Å². The number of thioether (sulfide) groups is 1. The number of hydrogen-bond acceptors (Lipinski definition) is 22. The number of aliphatic hydroxyl groups excluding tert-OH is 2. The SMILES string of the molecule is CCCC[C@H]1C(=O)N2C[C@H](O)C[C@@H]2C(=O)N[C@@H](CC(=O)O)C(=O)N[C@@H](C(C)C)C(=O)N(C)[C@H](Cc2ccccc2)C(=O)N[C@H](CCC(=O)O)C(=O)N2C[C@H](O)C[C@@H]2C(=O)N[C@@H](Cc2c[nH]c3ccccc23)C(=O)N[C@@H](Cc2ccc(O)cc2)C(=O)N[C@@H](CCCCN)C(=O)N[C@H](C(=O)NCC(N)=O)CSCC(=O)N[C@@H](Cc2cc(F)c(F)c(F)c2)C(=O)N(C)[C@@H](Cc2ccccc2)C(=O)N1C. The van der Waals surface area contributed by atoms with Gasteiger partial charge in [0.15, 0.2) is 17.5 Å². The molecule has 43 heteroatoms. The summed E-state index contributed by atoms with van der Waals surface area (Å²) in [6, 6.07) is 6.59. The molecule has 39 nitrogen and oxygen atoms in total. The fraction of sp³-hybridized carbons (Fsp3) is 0.473. The third-order valence-electron chi connectivity index (χ3n) is 24.0. The number of rotatable bonds is 26. The average Bonchev–Trinajstić information content (AvgIpc) is 1.60. The number of carboxylic acid groups (broad SMARTS) is 2. The molecule has 3 fully saturated rings. The fourth-order valence-electron chi connectivity index (χ4n) is 16.5. The molecule has 0 spiro atoms. The van der Waals surface area contributed by atoms with Crippen LogP contribution in [0, 0.1) is 23.4 Å². The second-order valence-corrected chi connectivity index (χ2v) is 35.5. The molecule has 15 amide bonds. The van der Waals surface area contributed by atoms with Crippen LogP contribution >= 0.6 is 11.8 Å². The van der Waals surface area contributed by atoms with Gasteiger partial charge in [-0.1, -0.05) is 125 Å². The number of unbranched alkanes of at least 4 members (excludes halogenated alkanes) is 2. The number of aromatic nitrogens is 1. The Morgan fingerprint density at radius 3 is 1.60 bits per heavy atom. The molecule has 136 heavy (non-hydrogen) atoms. The van der Waals surface area contributed by atoms with E-state index in [1.54, 1.807) is 98.0 Å². The number of aliphatic hydroxyl groups is 2. The number of aromatic amines is 1. The van der Waals surface area contributed by atoms with E-state index in [-0.39, 0.29) is 63.7 Å². The molecule has 6 aromatic rings. The van der Waals surface area contributed by atoms with Gasteiger partial charge in [0.2, 0.25) is 88.6 Å². The Balaban J connectivity index is 1.15. The topological polar surface area (TPSA) is 584 Å². The minimum atomic E-state index is -2.08. The number of hydrogen-bond donors (Lipinski definition) is 17. The number of carboxylic acids is 2. The monoisotopic (exact) mass is 1910 g/mol. The largest absolute Gasteiger partial charge is 0.508 e. The van der Waals surface area contributed by atoms with Crippen molar-refractivity contribution in [1.29, 1.82) is 0 Å². The summed E-state index contributed by atoms with van der Waals surface area (Å²) in [6.07, 6.45) is -6.90. The van der Waals surface area contributed by atoms with Gasteiger partial charge in [-0.05, 0) is 103 Å². The van der Waals surface area contributed by atoms with Crippen molar-refractivity contribution in [2.45, 2.75) is 214 Å². The highest BCUT2D eigenvalue weighted by Gasteiger charge is 2.48. The zero-order chi connectivity index (χ0) is 99.5. The second kappa shape index (κ2) is 50.1. The number of nitrogens with one attached hydrogen (secondary N) is 10. The molecule has 0 radical (unpaired) electrons. The number of fused-ring (bicyclic) bond motifs is 3. The summed E-state index contributed by atoms with van der Waals surface area (Å²) < 4.78 is 45.1. The van der Waals surface area contributed by atoms with E-state index in [1.165, 1.54) is 52.2 Å². The number of aromatic hydroxyl groups is 1. The Morgan fingerprint density at radius 2 is 1.02 bits per heavy atom. The summed E-state index contributed by atoms with van der Waals surface area (Å²) >= 11 is 0.631. The number of para-hydroxylation sites is 1. The number of carbonyl (C=O) groups excluding carboxylic acids is 15. The number of carbonyl (C=O) groups is 17. The molecule has 0 unspecified atom stereocenters. The highest BCUT2D eigenvalue weighted by Crippen LogP contribution is 2.29. The molecule has 0 saturated carbocycles. The fourth-order valence-corrected chi connectivity index (χ4v) is 17.4. The van der Waals surface area contributed by atoms with Gasteiger partial charge >= 0.3 is 11.9 Å². The van der Waals surface area contributed by atoms with Crippen LogP contribution in [0.1, 0.15) is 119 Å². The number of halogens is 3. The maximum Gasteiger partial charge on any atom is 0.305 e. The van der Waals surface area contributed by atoms with E-state index < -0.39 is 296 Å². The molecule has 15 atom stereocenters. The van der Waals surface area contributed by atoms with Crippen molar-refractivity contribution in [2.24, 2.45) is 17.4 Å². The van der Waals surface area contributed by atoms with Gasteiger partial charge in [-0.25, -0.2) is 13.2 Å². The van der Waals surface area contributed by atoms with E-state index in [0.29, 0.717) is 63.5 Å². The lowest BCUT2D eigenvalue weighted by molar-refractivity contribution is -0.152. The molecule has 1 aromatic heterocycles. The molecule has 5 aromatic carbocycles. The zero-order valence-corrected chi connectivity index (χ0v) is 76.8. The lowest BCUT2D eigenvalue weighted by atomic mass is 9.98. The van der Waals surface area contributed by atoms with Crippen LogP contribution in [-0.4, -0.2) is 305 Å². The minimum absolute atomic E-state index is 0.0681. The van der Waals surface area contributed by atoms with Crippen molar-refractivity contribution in [1.82, 2.24) is 77.3 Å². The number of likely N-dealkylation sites (N-methyl/N-ethyl adjacent to an activating group) is 3. The average molecular weight is 1920 g/mol. The van der Waals surface area contributed by atoms with Gasteiger partial charge in [0.1, 0.15) is 84.3 Å². The van der Waals surface area contributed by atoms with Crippen molar-refractivity contribution < 1.29 is 120 Å². The Bertz CT molecular complexity index is 5280. The molecule has 0 bridgehead atoms. The molecular formula is C93H118F3N17O22S. The predicted molar refractivity (Wildman–Crippen MR) is 487 cm³/mol. The molecule has 734 valence electrons. The first-order valence-electron chi connectivity index (χ1n) is 44.7. The summed E-state index contributed by atoms with van der Waals surface area (Å²) in [6.45, 7) is 2.76. The van der Waals surface area contributed by atoms with Crippen LogP contribution in [0.2, 0.25) is 0 Å². The van der Waals surface area contributed by atoms with E-state index in [2.05, 4.69) is 52.8 Å². The second-order valence-electron chi connectivity index (χ2n) is 34.5. The van der Waals surface area contributed by atoms with Crippen molar-refractivity contribution in [3.8, 4) is 5.75 Å². The first-order chi connectivity index (χ1) is 64.6. The van der Waals surface area contributed by atoms with Crippen LogP contribution in [0.15, 0.2) is 128 Å². The van der Waals surface area contributed by atoms with Crippen LogP contribution in [0.25, 0.3) is 10.9 Å². The van der Waals surface area contributed by atoms with Crippen LogP contribution in [0.3, 0.4) is 0 Å². The van der Waals surface area contributed by atoms with Crippen LogP contribution < -0.4 is 59.3 Å². The number of phenols is 1.